The molecule has 154 valence electrons. The number of nitrogens with one attached hydrogen (secondary N) is 2. The molecule has 0 aromatic heterocycles. The molecule has 1 amide bonds. The molecule has 0 atom stereocenters. The molecule has 0 spiro atoms. The predicted octanol–water partition coefficient (Wildman–Crippen LogP) is 3.43. The van der Waals surface area contributed by atoms with Crippen LogP contribution in [0.5, 0.6) is 0 Å². The number of hydrogen-bond acceptors (Lipinski definition) is 4. The molecule has 1 heterocycles. The van der Waals surface area contributed by atoms with Gasteiger partial charge in [0.15, 0.2) is 0 Å². The molecule has 0 saturated carbocycles. The number of guanidine groups is 1. The number of amides is 1. The third-order valence-electron chi connectivity index (χ3n) is 4.73. The van der Waals surface area contributed by atoms with E-state index in [-0.39, 0.29) is 5.91 Å². The van der Waals surface area contributed by atoms with Crippen LogP contribution in [0.15, 0.2) is 53.5 Å². The van der Waals surface area contributed by atoms with Crippen LogP contribution < -0.4 is 10.6 Å². The van der Waals surface area contributed by atoms with E-state index < -0.39 is 0 Å². The molecule has 2 N–H and O–H groups in total. The van der Waals surface area contributed by atoms with Crippen molar-refractivity contribution in [3.05, 3.63) is 64.7 Å². The molecule has 29 heavy (non-hydrogen) atoms. The molecule has 2 aromatic carbocycles. The molecule has 0 bridgehead atoms. The number of benzene rings is 2. The van der Waals surface area contributed by atoms with Crippen LogP contribution in [-0.2, 0) is 11.2 Å². The maximum atomic E-state index is 12.6. The molecule has 0 unspecified atom stereocenters. The zero-order chi connectivity index (χ0) is 20.5. The Bertz CT molecular complexity index is 833. The van der Waals surface area contributed by atoms with E-state index in [1.807, 2.05) is 12.1 Å². The number of nitrogens with zero attached hydrogens (tertiary/aromatic N) is 2. The Balaban J connectivity index is 1.69. The summed E-state index contributed by atoms with van der Waals surface area (Å²) in [6.45, 7) is 6.84. The number of rotatable bonds is 6. The average molecular weight is 415 g/mol. The van der Waals surface area contributed by atoms with E-state index in [1.165, 1.54) is 5.56 Å². The van der Waals surface area contributed by atoms with Gasteiger partial charge in [-0.1, -0.05) is 30.7 Å². The average Bonchev–Trinajstić information content (AvgIpc) is 2.75. The monoisotopic (exact) mass is 414 g/mol. The minimum Gasteiger partial charge on any atom is -0.379 e. The summed E-state index contributed by atoms with van der Waals surface area (Å²) in [5.74, 6) is 0.206. The maximum Gasteiger partial charge on any atom is 0.257 e. The lowest BCUT2D eigenvalue weighted by Crippen LogP contribution is -2.39. The number of morpholine rings is 1. The first-order chi connectivity index (χ1) is 14.1. The summed E-state index contributed by atoms with van der Waals surface area (Å²) in [6, 6.07) is 14.9. The van der Waals surface area contributed by atoms with Gasteiger partial charge in [0, 0.05) is 35.9 Å². The van der Waals surface area contributed by atoms with E-state index >= 15 is 0 Å². The quantitative estimate of drug-likeness (QED) is 0.561. The Labute approximate surface area is 176 Å². The number of carbonyl (C=O) groups excluding carboxylic acids is 1. The van der Waals surface area contributed by atoms with Crippen LogP contribution in [0.4, 0.5) is 5.69 Å². The third-order valence-corrected chi connectivity index (χ3v) is 4.98. The summed E-state index contributed by atoms with van der Waals surface area (Å²) >= 11 is 5.92. The second-order valence-electron chi connectivity index (χ2n) is 6.82. The first kappa shape index (κ1) is 21.3. The minimum atomic E-state index is -0.231. The summed E-state index contributed by atoms with van der Waals surface area (Å²) in [7, 11) is 0. The van der Waals surface area contributed by atoms with Crippen LogP contribution in [-0.4, -0.2) is 56.2 Å². The number of aliphatic imine (C=N–C) groups is 1. The molecule has 1 aliphatic heterocycles. The van der Waals surface area contributed by atoms with Crippen LogP contribution in [0.1, 0.15) is 22.8 Å². The van der Waals surface area contributed by atoms with Gasteiger partial charge in [0.25, 0.3) is 5.91 Å². The molecule has 0 radical (unpaired) electrons. The van der Waals surface area contributed by atoms with Crippen molar-refractivity contribution in [2.45, 2.75) is 13.3 Å². The summed E-state index contributed by atoms with van der Waals surface area (Å²) in [4.78, 5) is 19.6. The van der Waals surface area contributed by atoms with Gasteiger partial charge >= 0.3 is 0 Å². The van der Waals surface area contributed by atoms with E-state index in [0.29, 0.717) is 23.1 Å². The zero-order valence-electron chi connectivity index (χ0n) is 16.7. The van der Waals surface area contributed by atoms with Crippen molar-refractivity contribution in [3.8, 4) is 0 Å². The lowest BCUT2D eigenvalue weighted by molar-refractivity contribution is 0.0394. The molecule has 6 nitrogen and oxygen atoms in total. The maximum absolute atomic E-state index is 12.6. The number of hydrogen-bond donors (Lipinski definition) is 2. The Hall–Kier alpha value is -2.41. The lowest BCUT2D eigenvalue weighted by Gasteiger charge is -2.25. The minimum absolute atomic E-state index is 0.231. The standard InChI is InChI=1S/C22H27ClN4O2/c1-2-17-4-3-5-20(16-17)25-22(24-10-11-27-12-14-29-15-13-27)26-21(28)18-6-8-19(23)9-7-18/h3-9,16H,2,10-15H2,1H3,(H2,24,25,26,28). The van der Waals surface area contributed by atoms with Gasteiger partial charge in [0.1, 0.15) is 0 Å². The van der Waals surface area contributed by atoms with Gasteiger partial charge in [0.2, 0.25) is 5.96 Å². The number of anilines is 1. The molecule has 2 aromatic rings. The van der Waals surface area contributed by atoms with Gasteiger partial charge in [-0.2, -0.15) is 0 Å². The molecular formula is C22H27ClN4O2. The van der Waals surface area contributed by atoms with E-state index in [0.717, 1.165) is 45.0 Å². The number of halogens is 1. The normalized spacial score (nSPS) is 15.2. The third kappa shape index (κ3) is 6.85. The van der Waals surface area contributed by atoms with Crippen molar-refractivity contribution in [2.24, 2.45) is 4.99 Å². The van der Waals surface area contributed by atoms with E-state index in [4.69, 9.17) is 16.3 Å². The van der Waals surface area contributed by atoms with Gasteiger partial charge in [-0.3, -0.25) is 20.0 Å². The number of ether oxygens (including phenoxy) is 1. The summed E-state index contributed by atoms with van der Waals surface area (Å²) in [5.41, 5.74) is 2.64. The van der Waals surface area contributed by atoms with Crippen LogP contribution in [0.2, 0.25) is 5.02 Å². The Morgan fingerprint density at radius 3 is 2.66 bits per heavy atom. The van der Waals surface area contributed by atoms with Crippen molar-refractivity contribution >= 4 is 29.2 Å². The molecular weight excluding hydrogens is 388 g/mol. The fourth-order valence-corrected chi connectivity index (χ4v) is 3.15. The summed E-state index contributed by atoms with van der Waals surface area (Å²) in [5, 5.41) is 6.74. The first-order valence-electron chi connectivity index (χ1n) is 9.91. The van der Waals surface area contributed by atoms with Crippen molar-refractivity contribution < 1.29 is 9.53 Å². The topological polar surface area (TPSA) is 66.0 Å². The van der Waals surface area contributed by atoms with Gasteiger partial charge < -0.3 is 10.1 Å². The fraction of sp³-hybridized carbons (Fsp3) is 0.364. The van der Waals surface area contributed by atoms with Gasteiger partial charge in [0.05, 0.1) is 19.8 Å². The van der Waals surface area contributed by atoms with Gasteiger partial charge in [-0.15, -0.1) is 0 Å². The van der Waals surface area contributed by atoms with Crippen molar-refractivity contribution in [1.29, 1.82) is 0 Å². The molecule has 1 fully saturated rings. The highest BCUT2D eigenvalue weighted by Gasteiger charge is 2.12. The summed E-state index contributed by atoms with van der Waals surface area (Å²) in [6.07, 6.45) is 0.941. The van der Waals surface area contributed by atoms with Crippen molar-refractivity contribution in [2.75, 3.05) is 44.7 Å². The van der Waals surface area contributed by atoms with Crippen molar-refractivity contribution in [1.82, 2.24) is 10.2 Å². The van der Waals surface area contributed by atoms with E-state index in [2.05, 4.69) is 39.6 Å². The van der Waals surface area contributed by atoms with Crippen molar-refractivity contribution in [3.63, 3.8) is 0 Å². The highest BCUT2D eigenvalue weighted by atomic mass is 35.5. The number of aryl methyl sites for hydroxylation is 1. The Morgan fingerprint density at radius 1 is 1.17 bits per heavy atom. The second kappa shape index (κ2) is 11.0. The zero-order valence-corrected chi connectivity index (χ0v) is 17.4. The second-order valence-corrected chi connectivity index (χ2v) is 7.26. The van der Waals surface area contributed by atoms with E-state index in [1.54, 1.807) is 24.3 Å². The van der Waals surface area contributed by atoms with Gasteiger partial charge in [-0.05, 0) is 48.4 Å². The number of carbonyl (C=O) groups is 1. The molecule has 1 saturated heterocycles. The Kier molecular flexibility index (Phi) is 8.04. The first-order valence-corrected chi connectivity index (χ1v) is 10.3. The predicted molar refractivity (Wildman–Crippen MR) is 118 cm³/mol. The van der Waals surface area contributed by atoms with Crippen LogP contribution in [0.3, 0.4) is 0 Å². The Morgan fingerprint density at radius 2 is 1.93 bits per heavy atom. The summed E-state index contributed by atoms with van der Waals surface area (Å²) < 4.78 is 5.38. The van der Waals surface area contributed by atoms with Crippen LogP contribution in [0, 0.1) is 0 Å². The molecule has 3 rings (SSSR count). The van der Waals surface area contributed by atoms with Crippen LogP contribution >= 0.6 is 11.6 Å². The van der Waals surface area contributed by atoms with E-state index in [9.17, 15) is 4.79 Å². The highest BCUT2D eigenvalue weighted by Crippen LogP contribution is 2.12. The fourth-order valence-electron chi connectivity index (χ4n) is 3.02. The van der Waals surface area contributed by atoms with Gasteiger partial charge in [-0.25, -0.2) is 0 Å². The molecule has 7 heteroatoms. The smallest absolute Gasteiger partial charge is 0.257 e. The lowest BCUT2D eigenvalue weighted by atomic mass is 10.1. The highest BCUT2D eigenvalue weighted by molar-refractivity contribution is 6.30. The SMILES string of the molecule is CCc1cccc(NC(=NCCN2CCOCC2)NC(=O)c2ccc(Cl)cc2)c1. The molecule has 1 aliphatic rings. The largest absolute Gasteiger partial charge is 0.379 e. The molecule has 0 aliphatic carbocycles. The van der Waals surface area contributed by atoms with Crippen LogP contribution in [0.25, 0.3) is 0 Å².